The maximum absolute atomic E-state index is 5.89. The number of rotatable bonds is 5. The van der Waals surface area contributed by atoms with Crippen LogP contribution in [-0.4, -0.2) is 54.3 Å². The molecule has 0 N–H and O–H groups in total. The van der Waals surface area contributed by atoms with Crippen molar-refractivity contribution in [2.45, 2.75) is 50.7 Å². The Balaban J connectivity index is 1.58. The molecule has 2 fully saturated rings. The summed E-state index contributed by atoms with van der Waals surface area (Å²) in [6, 6.07) is 2.06. The van der Waals surface area contributed by atoms with Gasteiger partial charge in [-0.15, -0.1) is 0 Å². The molecule has 3 heterocycles. The molecule has 0 amide bonds. The van der Waals surface area contributed by atoms with Gasteiger partial charge in [0.15, 0.2) is 5.82 Å². The summed E-state index contributed by atoms with van der Waals surface area (Å²) in [5.41, 5.74) is 1.16. The van der Waals surface area contributed by atoms with E-state index < -0.39 is 0 Å². The van der Waals surface area contributed by atoms with Crippen LogP contribution in [0.25, 0.3) is 0 Å². The van der Waals surface area contributed by atoms with Gasteiger partial charge in [0, 0.05) is 44.6 Å². The summed E-state index contributed by atoms with van der Waals surface area (Å²) >= 11 is 0. The van der Waals surface area contributed by atoms with Gasteiger partial charge in [-0.25, -0.2) is 9.97 Å². The number of nitrogens with zero attached hydrogens (tertiary/aromatic N) is 3. The van der Waals surface area contributed by atoms with Crippen LogP contribution >= 0.6 is 0 Å². The zero-order valence-corrected chi connectivity index (χ0v) is 13.5. The highest BCUT2D eigenvalue weighted by atomic mass is 16.5. The normalized spacial score (nSPS) is 27.0. The van der Waals surface area contributed by atoms with Gasteiger partial charge < -0.3 is 14.4 Å². The number of methoxy groups -OCH3 is 1. The van der Waals surface area contributed by atoms with Crippen molar-refractivity contribution in [2.24, 2.45) is 0 Å². The molecule has 5 nitrogen and oxygen atoms in total. The lowest BCUT2D eigenvalue weighted by molar-refractivity contribution is -0.0101. The third kappa shape index (κ3) is 4.24. The van der Waals surface area contributed by atoms with E-state index in [0.29, 0.717) is 18.6 Å². The van der Waals surface area contributed by atoms with Crippen LogP contribution in [-0.2, 0) is 16.1 Å². The molecule has 1 aromatic rings. The molecule has 3 rings (SSSR count). The fourth-order valence-corrected chi connectivity index (χ4v) is 3.54. The van der Waals surface area contributed by atoms with E-state index in [-0.39, 0.29) is 0 Å². The maximum atomic E-state index is 5.89. The topological polar surface area (TPSA) is 47.5 Å². The Labute approximate surface area is 133 Å². The van der Waals surface area contributed by atoms with E-state index in [1.807, 2.05) is 6.20 Å². The van der Waals surface area contributed by atoms with Crippen LogP contribution in [0.15, 0.2) is 12.3 Å². The highest BCUT2D eigenvalue weighted by molar-refractivity contribution is 5.10. The third-order valence-electron chi connectivity index (χ3n) is 4.66. The second kappa shape index (κ2) is 7.99. The van der Waals surface area contributed by atoms with Crippen molar-refractivity contribution < 1.29 is 9.47 Å². The number of aromatic nitrogens is 2. The molecule has 2 saturated heterocycles. The Morgan fingerprint density at radius 3 is 3.09 bits per heavy atom. The molecule has 0 aliphatic carbocycles. The Morgan fingerprint density at radius 2 is 2.27 bits per heavy atom. The third-order valence-corrected chi connectivity index (χ3v) is 4.66. The van der Waals surface area contributed by atoms with E-state index in [4.69, 9.17) is 9.47 Å². The van der Waals surface area contributed by atoms with Gasteiger partial charge in [-0.1, -0.05) is 0 Å². The molecule has 0 spiro atoms. The van der Waals surface area contributed by atoms with E-state index >= 15 is 0 Å². The summed E-state index contributed by atoms with van der Waals surface area (Å²) in [4.78, 5) is 11.5. The molecule has 22 heavy (non-hydrogen) atoms. The number of hydrogen-bond donors (Lipinski definition) is 0. The summed E-state index contributed by atoms with van der Waals surface area (Å²) in [6.07, 6.45) is 8.50. The van der Waals surface area contributed by atoms with Crippen molar-refractivity contribution in [1.29, 1.82) is 0 Å². The minimum Gasteiger partial charge on any atom is -0.377 e. The van der Waals surface area contributed by atoms with Gasteiger partial charge in [-0.2, -0.15) is 0 Å². The van der Waals surface area contributed by atoms with Gasteiger partial charge in [0.1, 0.15) is 6.61 Å². The Kier molecular flexibility index (Phi) is 5.76. The van der Waals surface area contributed by atoms with Crippen LogP contribution in [0.2, 0.25) is 0 Å². The predicted octanol–water partition coefficient (Wildman–Crippen LogP) is 2.37. The lowest BCUT2D eigenvalue weighted by atomic mass is 9.94. The first-order valence-electron chi connectivity index (χ1n) is 8.50. The SMILES string of the molecule is COCc1nccc([C@@H]2CCCN(C[C@@H]3CCCCO3)C2)n1. The van der Waals surface area contributed by atoms with Gasteiger partial charge in [0.25, 0.3) is 0 Å². The van der Waals surface area contributed by atoms with Crippen molar-refractivity contribution >= 4 is 0 Å². The second-order valence-corrected chi connectivity index (χ2v) is 6.42. The molecular formula is C17H27N3O2. The summed E-state index contributed by atoms with van der Waals surface area (Å²) in [5.74, 6) is 1.30. The van der Waals surface area contributed by atoms with E-state index in [0.717, 1.165) is 31.2 Å². The van der Waals surface area contributed by atoms with Crippen molar-refractivity contribution in [3.8, 4) is 0 Å². The zero-order chi connectivity index (χ0) is 15.2. The van der Waals surface area contributed by atoms with Gasteiger partial charge >= 0.3 is 0 Å². The first-order valence-corrected chi connectivity index (χ1v) is 8.50. The lowest BCUT2D eigenvalue weighted by Gasteiger charge is -2.35. The number of piperidine rings is 1. The molecular weight excluding hydrogens is 278 g/mol. The Hall–Kier alpha value is -1.04. The largest absolute Gasteiger partial charge is 0.377 e. The van der Waals surface area contributed by atoms with Crippen LogP contribution < -0.4 is 0 Å². The van der Waals surface area contributed by atoms with Gasteiger partial charge in [-0.3, -0.25) is 0 Å². The Bertz CT molecular complexity index is 463. The summed E-state index contributed by atoms with van der Waals surface area (Å²) in [6.45, 7) is 4.77. The minimum absolute atomic E-state index is 0.432. The molecule has 5 heteroatoms. The smallest absolute Gasteiger partial charge is 0.154 e. The van der Waals surface area contributed by atoms with Crippen molar-refractivity contribution in [1.82, 2.24) is 14.9 Å². The number of likely N-dealkylation sites (tertiary alicyclic amines) is 1. The number of ether oxygens (including phenoxy) is 2. The average Bonchev–Trinajstić information content (AvgIpc) is 2.57. The summed E-state index contributed by atoms with van der Waals surface area (Å²) < 4.78 is 11.0. The van der Waals surface area contributed by atoms with E-state index in [9.17, 15) is 0 Å². The fraction of sp³-hybridized carbons (Fsp3) is 0.765. The van der Waals surface area contributed by atoms with Crippen molar-refractivity contribution in [3.05, 3.63) is 23.8 Å². The maximum Gasteiger partial charge on any atom is 0.154 e. The molecule has 2 atom stereocenters. The van der Waals surface area contributed by atoms with Gasteiger partial charge in [0.05, 0.1) is 6.10 Å². The zero-order valence-electron chi connectivity index (χ0n) is 13.5. The van der Waals surface area contributed by atoms with Crippen LogP contribution in [0.3, 0.4) is 0 Å². The minimum atomic E-state index is 0.432. The molecule has 0 saturated carbocycles. The first kappa shape index (κ1) is 15.8. The lowest BCUT2D eigenvalue weighted by Crippen LogP contribution is -2.41. The molecule has 122 valence electrons. The van der Waals surface area contributed by atoms with Crippen LogP contribution in [0.4, 0.5) is 0 Å². The van der Waals surface area contributed by atoms with Crippen molar-refractivity contribution in [2.75, 3.05) is 33.4 Å². The standard InChI is InChI=1S/C17H27N3O2/c1-21-13-17-18-8-7-16(19-17)14-5-4-9-20(11-14)12-15-6-2-3-10-22-15/h7-8,14-15H,2-6,9-13H2,1H3/t14-,15+/m1/s1. The van der Waals surface area contributed by atoms with E-state index in [2.05, 4.69) is 20.9 Å². The van der Waals surface area contributed by atoms with Crippen LogP contribution in [0.1, 0.15) is 49.5 Å². The predicted molar refractivity (Wildman–Crippen MR) is 84.8 cm³/mol. The van der Waals surface area contributed by atoms with Crippen LogP contribution in [0, 0.1) is 0 Å². The highest BCUT2D eigenvalue weighted by Gasteiger charge is 2.25. The second-order valence-electron chi connectivity index (χ2n) is 6.42. The van der Waals surface area contributed by atoms with E-state index in [1.165, 1.54) is 38.6 Å². The highest BCUT2D eigenvalue weighted by Crippen LogP contribution is 2.26. The Morgan fingerprint density at radius 1 is 1.32 bits per heavy atom. The van der Waals surface area contributed by atoms with Gasteiger partial charge in [-0.05, 0) is 44.7 Å². The monoisotopic (exact) mass is 305 g/mol. The van der Waals surface area contributed by atoms with Crippen molar-refractivity contribution in [3.63, 3.8) is 0 Å². The molecule has 2 aliphatic heterocycles. The van der Waals surface area contributed by atoms with Gasteiger partial charge in [0.2, 0.25) is 0 Å². The molecule has 1 aromatic heterocycles. The molecule has 0 unspecified atom stereocenters. The number of hydrogen-bond acceptors (Lipinski definition) is 5. The quantitative estimate of drug-likeness (QED) is 0.836. The summed E-state index contributed by atoms with van der Waals surface area (Å²) in [5, 5.41) is 0. The molecule has 0 aromatic carbocycles. The molecule has 0 radical (unpaired) electrons. The van der Waals surface area contributed by atoms with Crippen LogP contribution in [0.5, 0.6) is 0 Å². The summed E-state index contributed by atoms with van der Waals surface area (Å²) in [7, 11) is 1.68. The first-order chi connectivity index (χ1) is 10.8. The average molecular weight is 305 g/mol. The molecule has 2 aliphatic rings. The molecule has 0 bridgehead atoms. The van der Waals surface area contributed by atoms with E-state index in [1.54, 1.807) is 7.11 Å². The fourth-order valence-electron chi connectivity index (χ4n) is 3.54.